The number of nitrogens with one attached hydrogen (secondary N) is 2. The SMILES string of the molecule is COc1ccccc1Oc1ccc(NC(=O)c2ccc(=O)[nH]n2)cc1. The molecule has 1 heterocycles. The molecule has 7 heteroatoms. The molecular weight excluding hydrogens is 322 g/mol. The van der Waals surface area contributed by atoms with Crippen molar-refractivity contribution in [3.05, 3.63) is 76.7 Å². The van der Waals surface area contributed by atoms with Gasteiger partial charge in [0.2, 0.25) is 0 Å². The smallest absolute Gasteiger partial charge is 0.276 e. The van der Waals surface area contributed by atoms with Gasteiger partial charge < -0.3 is 14.8 Å². The van der Waals surface area contributed by atoms with E-state index in [9.17, 15) is 9.59 Å². The van der Waals surface area contributed by atoms with Gasteiger partial charge in [0, 0.05) is 11.8 Å². The van der Waals surface area contributed by atoms with Gasteiger partial charge >= 0.3 is 0 Å². The molecule has 0 aliphatic rings. The van der Waals surface area contributed by atoms with Crippen LogP contribution in [-0.2, 0) is 0 Å². The third-order valence-electron chi connectivity index (χ3n) is 3.32. The van der Waals surface area contributed by atoms with Gasteiger partial charge in [-0.1, -0.05) is 12.1 Å². The highest BCUT2D eigenvalue weighted by Gasteiger charge is 2.08. The van der Waals surface area contributed by atoms with Gasteiger partial charge in [-0.15, -0.1) is 0 Å². The summed E-state index contributed by atoms with van der Waals surface area (Å²) in [6.07, 6.45) is 0. The number of rotatable bonds is 5. The fourth-order valence-corrected chi connectivity index (χ4v) is 2.10. The maximum absolute atomic E-state index is 12.0. The summed E-state index contributed by atoms with van der Waals surface area (Å²) in [6.45, 7) is 0. The number of H-pyrrole nitrogens is 1. The van der Waals surface area contributed by atoms with E-state index in [4.69, 9.17) is 9.47 Å². The van der Waals surface area contributed by atoms with E-state index < -0.39 is 5.91 Å². The highest BCUT2D eigenvalue weighted by Crippen LogP contribution is 2.31. The first-order chi connectivity index (χ1) is 12.2. The van der Waals surface area contributed by atoms with E-state index in [0.717, 1.165) is 0 Å². The van der Waals surface area contributed by atoms with E-state index in [1.165, 1.54) is 12.1 Å². The quantitative estimate of drug-likeness (QED) is 0.747. The Labute approximate surface area is 143 Å². The minimum atomic E-state index is -0.422. The van der Waals surface area contributed by atoms with Crippen molar-refractivity contribution in [2.45, 2.75) is 0 Å². The lowest BCUT2D eigenvalue weighted by molar-refractivity contribution is 0.102. The molecule has 0 aliphatic carbocycles. The molecule has 0 aliphatic heterocycles. The van der Waals surface area contributed by atoms with Crippen LogP contribution in [0.4, 0.5) is 5.69 Å². The second-order valence-corrected chi connectivity index (χ2v) is 5.04. The molecule has 0 fully saturated rings. The molecule has 1 aromatic heterocycles. The first-order valence-electron chi connectivity index (χ1n) is 7.44. The monoisotopic (exact) mass is 337 g/mol. The van der Waals surface area contributed by atoms with E-state index in [0.29, 0.717) is 22.9 Å². The molecule has 1 amide bonds. The molecule has 25 heavy (non-hydrogen) atoms. The third kappa shape index (κ3) is 4.03. The first kappa shape index (κ1) is 16.3. The summed E-state index contributed by atoms with van der Waals surface area (Å²) in [4.78, 5) is 23.0. The van der Waals surface area contributed by atoms with Crippen LogP contribution >= 0.6 is 0 Å². The molecule has 3 rings (SSSR count). The van der Waals surface area contributed by atoms with Crippen LogP contribution in [0.25, 0.3) is 0 Å². The van der Waals surface area contributed by atoms with E-state index in [1.54, 1.807) is 43.5 Å². The van der Waals surface area contributed by atoms with Crippen molar-refractivity contribution in [1.82, 2.24) is 10.2 Å². The van der Waals surface area contributed by atoms with Crippen molar-refractivity contribution in [1.29, 1.82) is 0 Å². The Hall–Kier alpha value is -3.61. The number of hydrogen-bond acceptors (Lipinski definition) is 5. The maximum Gasteiger partial charge on any atom is 0.276 e. The van der Waals surface area contributed by atoms with Gasteiger partial charge in [-0.25, -0.2) is 5.10 Å². The molecule has 7 nitrogen and oxygen atoms in total. The zero-order chi connectivity index (χ0) is 17.6. The fraction of sp³-hybridized carbons (Fsp3) is 0.0556. The van der Waals surface area contributed by atoms with Gasteiger partial charge in [0.1, 0.15) is 11.4 Å². The molecule has 0 saturated heterocycles. The average Bonchev–Trinajstić information content (AvgIpc) is 2.64. The fourth-order valence-electron chi connectivity index (χ4n) is 2.10. The normalized spacial score (nSPS) is 10.1. The third-order valence-corrected chi connectivity index (χ3v) is 3.32. The van der Waals surface area contributed by atoms with E-state index in [-0.39, 0.29) is 11.3 Å². The number of anilines is 1. The molecule has 2 aromatic carbocycles. The largest absolute Gasteiger partial charge is 0.493 e. The Balaban J connectivity index is 1.69. The summed E-state index contributed by atoms with van der Waals surface area (Å²) in [6, 6.07) is 16.8. The number of nitrogens with zero attached hydrogens (tertiary/aromatic N) is 1. The molecule has 0 saturated carbocycles. The van der Waals surface area contributed by atoms with Gasteiger partial charge in [0.25, 0.3) is 11.5 Å². The van der Waals surface area contributed by atoms with Gasteiger partial charge in [-0.2, -0.15) is 5.10 Å². The van der Waals surface area contributed by atoms with Gasteiger partial charge in [-0.05, 0) is 42.5 Å². The summed E-state index contributed by atoms with van der Waals surface area (Å²) in [5.74, 6) is 1.41. The lowest BCUT2D eigenvalue weighted by Gasteiger charge is -2.10. The zero-order valence-electron chi connectivity index (χ0n) is 13.4. The summed E-state index contributed by atoms with van der Waals surface area (Å²) in [5.41, 5.74) is 0.328. The van der Waals surface area contributed by atoms with Gasteiger partial charge in [-0.3, -0.25) is 9.59 Å². The predicted octanol–water partition coefficient (Wildman–Crippen LogP) is 2.82. The number of aromatic amines is 1. The van der Waals surface area contributed by atoms with Crippen LogP contribution in [0.1, 0.15) is 10.5 Å². The number of carbonyl (C=O) groups excluding carboxylic acids is 1. The number of benzene rings is 2. The minimum absolute atomic E-state index is 0.119. The molecule has 3 aromatic rings. The Morgan fingerprint density at radius 1 is 1.00 bits per heavy atom. The molecule has 0 atom stereocenters. The van der Waals surface area contributed by atoms with Crippen LogP contribution < -0.4 is 20.3 Å². The molecule has 2 N–H and O–H groups in total. The van der Waals surface area contributed by atoms with Crippen LogP contribution in [0.2, 0.25) is 0 Å². The van der Waals surface area contributed by atoms with Crippen molar-refractivity contribution in [2.24, 2.45) is 0 Å². The Morgan fingerprint density at radius 3 is 2.36 bits per heavy atom. The van der Waals surface area contributed by atoms with Crippen LogP contribution in [-0.4, -0.2) is 23.2 Å². The van der Waals surface area contributed by atoms with E-state index >= 15 is 0 Å². The summed E-state index contributed by atoms with van der Waals surface area (Å²) >= 11 is 0. The number of amides is 1. The lowest BCUT2D eigenvalue weighted by atomic mass is 10.2. The summed E-state index contributed by atoms with van der Waals surface area (Å²) in [7, 11) is 1.58. The first-order valence-corrected chi connectivity index (χ1v) is 7.44. The number of ether oxygens (including phenoxy) is 2. The topological polar surface area (TPSA) is 93.3 Å². The van der Waals surface area contributed by atoms with Crippen LogP contribution in [0.15, 0.2) is 65.5 Å². The summed E-state index contributed by atoms with van der Waals surface area (Å²) < 4.78 is 11.0. The van der Waals surface area contributed by atoms with Gasteiger partial charge in [0.05, 0.1) is 7.11 Å². The summed E-state index contributed by atoms with van der Waals surface area (Å²) in [5, 5.41) is 8.58. The highest BCUT2D eigenvalue weighted by atomic mass is 16.5. The highest BCUT2D eigenvalue weighted by molar-refractivity contribution is 6.02. The Kier molecular flexibility index (Phi) is 4.75. The van der Waals surface area contributed by atoms with E-state index in [2.05, 4.69) is 15.5 Å². The molecule has 0 radical (unpaired) electrons. The second kappa shape index (κ2) is 7.31. The van der Waals surface area contributed by atoms with Crippen molar-refractivity contribution in [2.75, 3.05) is 12.4 Å². The second-order valence-electron chi connectivity index (χ2n) is 5.04. The average molecular weight is 337 g/mol. The van der Waals surface area contributed by atoms with Crippen LogP contribution in [0, 0.1) is 0 Å². The standard InChI is InChI=1S/C18H15N3O4/c1-24-15-4-2-3-5-16(15)25-13-8-6-12(7-9-13)19-18(23)14-10-11-17(22)21-20-14/h2-11H,1H3,(H,19,23)(H,21,22). The number of hydrogen-bond donors (Lipinski definition) is 2. The zero-order valence-corrected chi connectivity index (χ0v) is 13.4. The number of methoxy groups -OCH3 is 1. The van der Waals surface area contributed by atoms with Crippen LogP contribution in [0.3, 0.4) is 0 Å². The van der Waals surface area contributed by atoms with Crippen molar-refractivity contribution < 1.29 is 14.3 Å². The molecular formula is C18H15N3O4. The number of para-hydroxylation sites is 2. The molecule has 0 unspecified atom stereocenters. The molecule has 0 spiro atoms. The lowest BCUT2D eigenvalue weighted by Crippen LogP contribution is -2.17. The van der Waals surface area contributed by atoms with Crippen LogP contribution in [0.5, 0.6) is 17.2 Å². The number of aromatic nitrogens is 2. The van der Waals surface area contributed by atoms with E-state index in [1.807, 2.05) is 12.1 Å². The Bertz CT molecular complexity index is 915. The molecule has 0 bridgehead atoms. The Morgan fingerprint density at radius 2 is 1.72 bits per heavy atom. The van der Waals surface area contributed by atoms with Crippen molar-refractivity contribution in [3.63, 3.8) is 0 Å². The van der Waals surface area contributed by atoms with Gasteiger partial charge in [0.15, 0.2) is 11.5 Å². The van der Waals surface area contributed by atoms with Crippen molar-refractivity contribution in [3.8, 4) is 17.2 Å². The minimum Gasteiger partial charge on any atom is -0.493 e. The predicted molar refractivity (Wildman–Crippen MR) is 92.3 cm³/mol. The maximum atomic E-state index is 12.0. The van der Waals surface area contributed by atoms with Crippen molar-refractivity contribution >= 4 is 11.6 Å². The number of carbonyl (C=O) groups is 1. The molecule has 126 valence electrons.